The van der Waals surface area contributed by atoms with Gasteiger partial charge in [0, 0.05) is 6.04 Å². The lowest BCUT2D eigenvalue weighted by Crippen LogP contribution is -2.38. The van der Waals surface area contributed by atoms with Gasteiger partial charge in [0.05, 0.1) is 18.0 Å². The number of amides is 1. The van der Waals surface area contributed by atoms with E-state index >= 15 is 0 Å². The number of thioether (sulfide) groups is 1. The molecule has 0 aliphatic carbocycles. The summed E-state index contributed by atoms with van der Waals surface area (Å²) in [5, 5.41) is 11.7. The molecule has 0 bridgehead atoms. The molecule has 29 heavy (non-hydrogen) atoms. The summed E-state index contributed by atoms with van der Waals surface area (Å²) in [6.45, 7) is 3.92. The van der Waals surface area contributed by atoms with E-state index in [1.165, 1.54) is 17.3 Å². The highest BCUT2D eigenvalue weighted by Gasteiger charge is 2.20. The highest BCUT2D eigenvalue weighted by atomic mass is 32.2. The van der Waals surface area contributed by atoms with Crippen molar-refractivity contribution in [2.45, 2.75) is 43.1 Å². The Hall–Kier alpha value is -2.80. The molecule has 0 saturated heterocycles. The van der Waals surface area contributed by atoms with E-state index in [4.69, 9.17) is 4.74 Å². The van der Waals surface area contributed by atoms with Crippen molar-refractivity contribution in [2.75, 3.05) is 7.11 Å². The number of carbonyl (C=O) groups is 1. The van der Waals surface area contributed by atoms with E-state index in [0.717, 1.165) is 24.3 Å². The number of carbonyl (C=O) groups excluding carboxylic acids is 1. The molecule has 152 valence electrons. The summed E-state index contributed by atoms with van der Waals surface area (Å²) < 4.78 is 7.27. The summed E-state index contributed by atoms with van der Waals surface area (Å²) in [4.78, 5) is 12.6. The topological polar surface area (TPSA) is 69.0 Å². The molecular formula is C22H26N4O2S. The molecule has 0 spiro atoms. The molecule has 1 N–H and O–H groups in total. The smallest absolute Gasteiger partial charge is 0.233 e. The van der Waals surface area contributed by atoms with Gasteiger partial charge in [0.1, 0.15) is 12.1 Å². The standard InChI is InChI=1S/C22H26N4O2S/c1-16(13-14-18-9-5-4-6-10-18)24-21(27)17(2)29-22-25-23-15-26(22)19-11-7-8-12-20(19)28-3/h4-12,15-17H,13-14H2,1-3H3,(H,24,27)/t16-,17-/m1/s1. The van der Waals surface area contributed by atoms with E-state index in [2.05, 4.69) is 27.6 Å². The van der Waals surface area contributed by atoms with Gasteiger partial charge in [-0.2, -0.15) is 0 Å². The SMILES string of the molecule is COc1ccccc1-n1cnnc1S[C@H](C)C(=O)N[C@H](C)CCc1ccccc1. The zero-order valence-electron chi connectivity index (χ0n) is 16.9. The first kappa shape index (κ1) is 20.9. The highest BCUT2D eigenvalue weighted by molar-refractivity contribution is 8.00. The van der Waals surface area contributed by atoms with Gasteiger partial charge in [0.15, 0.2) is 5.16 Å². The molecule has 3 rings (SSSR count). The van der Waals surface area contributed by atoms with Crippen molar-refractivity contribution in [3.63, 3.8) is 0 Å². The zero-order chi connectivity index (χ0) is 20.6. The molecule has 6 nitrogen and oxygen atoms in total. The number of rotatable bonds is 9. The van der Waals surface area contributed by atoms with Crippen molar-refractivity contribution >= 4 is 17.7 Å². The minimum Gasteiger partial charge on any atom is -0.495 e. The molecule has 0 saturated carbocycles. The number of nitrogens with zero attached hydrogens (tertiary/aromatic N) is 3. The van der Waals surface area contributed by atoms with Crippen LogP contribution in [0.3, 0.4) is 0 Å². The fourth-order valence-electron chi connectivity index (χ4n) is 2.97. The normalized spacial score (nSPS) is 12.9. The quantitative estimate of drug-likeness (QED) is 0.542. The van der Waals surface area contributed by atoms with E-state index in [1.807, 2.05) is 60.9 Å². The van der Waals surface area contributed by atoms with Crippen molar-refractivity contribution in [3.8, 4) is 11.4 Å². The van der Waals surface area contributed by atoms with Crippen molar-refractivity contribution in [2.24, 2.45) is 0 Å². The van der Waals surface area contributed by atoms with Crippen molar-refractivity contribution in [1.29, 1.82) is 0 Å². The molecule has 3 aromatic rings. The predicted octanol–water partition coefficient (Wildman–Crippen LogP) is 3.89. The maximum absolute atomic E-state index is 12.6. The number of aryl methyl sites for hydroxylation is 1. The number of nitrogens with one attached hydrogen (secondary N) is 1. The Morgan fingerprint density at radius 2 is 1.86 bits per heavy atom. The summed E-state index contributed by atoms with van der Waals surface area (Å²) in [6.07, 6.45) is 3.46. The van der Waals surface area contributed by atoms with Crippen LogP contribution in [0, 0.1) is 0 Å². The van der Waals surface area contributed by atoms with Gasteiger partial charge in [0.25, 0.3) is 0 Å². The van der Waals surface area contributed by atoms with Crippen LogP contribution in [0.2, 0.25) is 0 Å². The molecule has 0 aliphatic rings. The molecule has 0 unspecified atom stereocenters. The fourth-order valence-corrected chi connectivity index (χ4v) is 3.82. The van der Waals surface area contributed by atoms with Crippen molar-refractivity contribution in [1.82, 2.24) is 20.1 Å². The van der Waals surface area contributed by atoms with E-state index in [-0.39, 0.29) is 17.2 Å². The molecule has 1 aromatic heterocycles. The second-order valence-corrected chi connectivity index (χ2v) is 8.16. The maximum Gasteiger partial charge on any atom is 0.233 e. The molecule has 2 atom stereocenters. The highest BCUT2D eigenvalue weighted by Crippen LogP contribution is 2.28. The fraction of sp³-hybridized carbons (Fsp3) is 0.318. The van der Waals surface area contributed by atoms with Gasteiger partial charge < -0.3 is 10.1 Å². The lowest BCUT2D eigenvalue weighted by molar-refractivity contribution is -0.120. The van der Waals surface area contributed by atoms with Gasteiger partial charge in [-0.1, -0.05) is 54.2 Å². The maximum atomic E-state index is 12.6. The van der Waals surface area contributed by atoms with Crippen molar-refractivity contribution < 1.29 is 9.53 Å². The summed E-state index contributed by atoms with van der Waals surface area (Å²) in [7, 11) is 1.63. The average molecular weight is 411 g/mol. The van der Waals surface area contributed by atoms with Crippen LogP contribution in [0.15, 0.2) is 66.1 Å². The molecule has 7 heteroatoms. The summed E-state index contributed by atoms with van der Waals surface area (Å²) in [5.74, 6) is 0.714. The van der Waals surface area contributed by atoms with Crippen LogP contribution in [0.25, 0.3) is 5.69 Å². The third-order valence-corrected chi connectivity index (χ3v) is 5.67. The van der Waals surface area contributed by atoms with Gasteiger partial charge in [0.2, 0.25) is 5.91 Å². The first-order valence-electron chi connectivity index (χ1n) is 9.63. The number of hydrogen-bond donors (Lipinski definition) is 1. The van der Waals surface area contributed by atoms with Gasteiger partial charge in [-0.05, 0) is 44.4 Å². The van der Waals surface area contributed by atoms with Gasteiger partial charge in [-0.25, -0.2) is 0 Å². The van der Waals surface area contributed by atoms with E-state index in [0.29, 0.717) is 5.16 Å². The Kier molecular flexibility index (Phi) is 7.30. The molecule has 1 amide bonds. The van der Waals surface area contributed by atoms with Crippen LogP contribution in [0.1, 0.15) is 25.8 Å². The molecule has 0 radical (unpaired) electrons. The first-order chi connectivity index (χ1) is 14.1. The lowest BCUT2D eigenvalue weighted by Gasteiger charge is -2.17. The van der Waals surface area contributed by atoms with Crippen LogP contribution in [0.4, 0.5) is 0 Å². The Labute approximate surface area is 175 Å². The molecule has 0 aliphatic heterocycles. The number of methoxy groups -OCH3 is 1. The number of aromatic nitrogens is 3. The molecule has 1 heterocycles. The average Bonchev–Trinajstić information content (AvgIpc) is 3.20. The van der Waals surface area contributed by atoms with Crippen LogP contribution >= 0.6 is 11.8 Å². The first-order valence-corrected chi connectivity index (χ1v) is 10.5. The Balaban J connectivity index is 1.58. The number of hydrogen-bond acceptors (Lipinski definition) is 5. The monoisotopic (exact) mass is 410 g/mol. The summed E-state index contributed by atoms with van der Waals surface area (Å²) in [5.41, 5.74) is 2.12. The van der Waals surface area contributed by atoms with Crippen LogP contribution in [-0.2, 0) is 11.2 Å². The molecular weight excluding hydrogens is 384 g/mol. The third kappa shape index (κ3) is 5.60. The predicted molar refractivity (Wildman–Crippen MR) is 116 cm³/mol. The summed E-state index contributed by atoms with van der Waals surface area (Å²) >= 11 is 1.38. The Morgan fingerprint density at radius 3 is 2.62 bits per heavy atom. The van der Waals surface area contributed by atoms with Crippen LogP contribution < -0.4 is 10.1 Å². The number of ether oxygens (including phenoxy) is 1. The van der Waals surface area contributed by atoms with E-state index < -0.39 is 0 Å². The van der Waals surface area contributed by atoms with Gasteiger partial charge in [-0.15, -0.1) is 10.2 Å². The minimum atomic E-state index is -0.299. The molecule has 2 aromatic carbocycles. The zero-order valence-corrected chi connectivity index (χ0v) is 17.7. The number of para-hydroxylation sites is 2. The Bertz CT molecular complexity index is 929. The van der Waals surface area contributed by atoms with Crippen LogP contribution in [0.5, 0.6) is 5.75 Å². The summed E-state index contributed by atoms with van der Waals surface area (Å²) in [6, 6.07) is 18.1. The van der Waals surface area contributed by atoms with Gasteiger partial charge >= 0.3 is 0 Å². The van der Waals surface area contributed by atoms with E-state index in [9.17, 15) is 4.79 Å². The largest absolute Gasteiger partial charge is 0.495 e. The number of benzene rings is 2. The van der Waals surface area contributed by atoms with Gasteiger partial charge in [-0.3, -0.25) is 9.36 Å². The second kappa shape index (κ2) is 10.1. The lowest BCUT2D eigenvalue weighted by atomic mass is 10.1. The van der Waals surface area contributed by atoms with E-state index in [1.54, 1.807) is 13.4 Å². The molecule has 0 fully saturated rings. The third-order valence-electron chi connectivity index (χ3n) is 4.61. The van der Waals surface area contributed by atoms with Crippen LogP contribution in [-0.4, -0.2) is 39.1 Å². The minimum absolute atomic E-state index is 0.00913. The Morgan fingerprint density at radius 1 is 1.14 bits per heavy atom. The second-order valence-electron chi connectivity index (χ2n) is 6.85. The van der Waals surface area contributed by atoms with Crippen molar-refractivity contribution in [3.05, 3.63) is 66.5 Å².